The monoisotopic (exact) mass is 519 g/mol. The van der Waals surface area contributed by atoms with E-state index in [2.05, 4.69) is 20.9 Å². The van der Waals surface area contributed by atoms with Crippen LogP contribution in [0.3, 0.4) is 0 Å². The number of aromatic nitrogens is 2. The summed E-state index contributed by atoms with van der Waals surface area (Å²) in [7, 11) is 0. The fourth-order valence-corrected chi connectivity index (χ4v) is 4.72. The maximum Gasteiger partial charge on any atom is 0.228 e. The Morgan fingerprint density at radius 2 is 2.00 bits per heavy atom. The second-order valence-corrected chi connectivity index (χ2v) is 9.06. The molecule has 3 heterocycles. The Balaban J connectivity index is 1.81. The van der Waals surface area contributed by atoms with Crippen molar-refractivity contribution in [1.82, 2.24) is 9.55 Å². The van der Waals surface area contributed by atoms with Crippen molar-refractivity contribution in [2.75, 3.05) is 18.1 Å². The predicted octanol–water partition coefficient (Wildman–Crippen LogP) is 4.50. The summed E-state index contributed by atoms with van der Waals surface area (Å²) in [4.78, 5) is 32.3. The Labute approximate surface area is 204 Å². The minimum atomic E-state index is -0.171. The van der Waals surface area contributed by atoms with Gasteiger partial charge in [0.15, 0.2) is 5.43 Å². The smallest absolute Gasteiger partial charge is 0.228 e. The van der Waals surface area contributed by atoms with Gasteiger partial charge in [0.05, 0.1) is 34.6 Å². The van der Waals surface area contributed by atoms with Crippen molar-refractivity contribution in [1.29, 1.82) is 0 Å². The third kappa shape index (κ3) is 3.89. The topological polar surface area (TPSA) is 84.7 Å². The molecule has 7 nitrogen and oxygen atoms in total. The number of halogens is 1. The lowest BCUT2D eigenvalue weighted by molar-refractivity contribution is -0.115. The molecule has 0 atom stereocenters. The van der Waals surface area contributed by atoms with Crippen LogP contribution < -0.4 is 15.1 Å². The summed E-state index contributed by atoms with van der Waals surface area (Å²) in [6, 6.07) is 13.0. The summed E-state index contributed by atoms with van der Waals surface area (Å²) in [6.45, 7) is 1.81. The van der Waals surface area contributed by atoms with E-state index < -0.39 is 0 Å². The van der Waals surface area contributed by atoms with Crippen LogP contribution in [-0.2, 0) is 11.2 Å². The van der Waals surface area contributed by atoms with Gasteiger partial charge in [-0.3, -0.25) is 19.5 Å². The molecule has 2 aromatic heterocycles. The van der Waals surface area contributed by atoms with Crippen LogP contribution in [0.1, 0.15) is 24.5 Å². The predicted molar refractivity (Wildman–Crippen MR) is 134 cm³/mol. The molecule has 0 radical (unpaired) electrons. The zero-order valence-electron chi connectivity index (χ0n) is 18.5. The first-order valence-corrected chi connectivity index (χ1v) is 11.7. The number of aliphatic hydroxyl groups excluding tert-OH is 1. The maximum atomic E-state index is 13.7. The molecule has 0 bridgehead atoms. The quantitative estimate of drug-likeness (QED) is 0.379. The Kier molecular flexibility index (Phi) is 5.93. The minimum Gasteiger partial charge on any atom is -0.493 e. The Morgan fingerprint density at radius 3 is 2.74 bits per heavy atom. The fraction of sp³-hybridized carbons (Fsp3) is 0.192. The molecule has 0 saturated carbocycles. The maximum absolute atomic E-state index is 13.7. The van der Waals surface area contributed by atoms with Crippen LogP contribution in [0, 0.1) is 0 Å². The molecule has 0 unspecified atom stereocenters. The number of hydrogen-bond acceptors (Lipinski definition) is 5. The Bertz CT molecular complexity index is 1470. The van der Waals surface area contributed by atoms with E-state index in [4.69, 9.17) is 9.84 Å². The average molecular weight is 520 g/mol. The third-order valence-corrected chi connectivity index (χ3v) is 6.30. The van der Waals surface area contributed by atoms with E-state index in [1.165, 1.54) is 6.92 Å². The zero-order chi connectivity index (χ0) is 23.8. The highest BCUT2D eigenvalue weighted by atomic mass is 79.9. The van der Waals surface area contributed by atoms with Gasteiger partial charge in [-0.05, 0) is 35.9 Å². The van der Waals surface area contributed by atoms with Gasteiger partial charge in [0.1, 0.15) is 5.75 Å². The van der Waals surface area contributed by atoms with Gasteiger partial charge in [-0.1, -0.05) is 22.0 Å². The van der Waals surface area contributed by atoms with Gasteiger partial charge in [0.25, 0.3) is 0 Å². The lowest BCUT2D eigenvalue weighted by atomic mass is 10.0. The summed E-state index contributed by atoms with van der Waals surface area (Å²) in [5.74, 6) is 0.306. The normalized spacial score (nSPS) is 12.0. The molecule has 1 amide bonds. The molecule has 5 rings (SSSR count). The zero-order valence-corrected chi connectivity index (χ0v) is 20.1. The van der Waals surface area contributed by atoms with Gasteiger partial charge in [-0.15, -0.1) is 0 Å². The molecule has 1 N–H and O–H groups in total. The van der Waals surface area contributed by atoms with Gasteiger partial charge in [0, 0.05) is 61.1 Å². The molecule has 0 saturated heterocycles. The minimum absolute atomic E-state index is 0.00429. The number of benzene rings is 2. The molecule has 4 aromatic rings. The van der Waals surface area contributed by atoms with Crippen molar-refractivity contribution >= 4 is 44.1 Å². The molecule has 2 aromatic carbocycles. The first-order valence-electron chi connectivity index (χ1n) is 10.9. The van der Waals surface area contributed by atoms with Crippen molar-refractivity contribution in [2.24, 2.45) is 0 Å². The summed E-state index contributed by atoms with van der Waals surface area (Å²) < 4.78 is 8.69. The van der Waals surface area contributed by atoms with E-state index in [0.717, 1.165) is 15.7 Å². The largest absolute Gasteiger partial charge is 0.493 e. The van der Waals surface area contributed by atoms with Crippen LogP contribution in [0.4, 0.5) is 11.4 Å². The summed E-state index contributed by atoms with van der Waals surface area (Å²) in [5.41, 5.74) is 4.17. The number of aliphatic hydroxyl groups is 1. The second kappa shape index (κ2) is 9.04. The number of carbonyl (C=O) groups is 1. The number of hydrogen-bond donors (Lipinski definition) is 1. The van der Waals surface area contributed by atoms with E-state index in [0.29, 0.717) is 53.0 Å². The van der Waals surface area contributed by atoms with Gasteiger partial charge < -0.3 is 14.4 Å². The number of anilines is 2. The molecule has 1 aliphatic rings. The lowest BCUT2D eigenvalue weighted by Gasteiger charge is -2.32. The van der Waals surface area contributed by atoms with E-state index in [1.54, 1.807) is 29.4 Å². The van der Waals surface area contributed by atoms with Crippen molar-refractivity contribution in [3.63, 3.8) is 0 Å². The molecule has 0 aliphatic carbocycles. The highest BCUT2D eigenvalue weighted by Crippen LogP contribution is 2.44. The molecule has 34 heavy (non-hydrogen) atoms. The van der Waals surface area contributed by atoms with Crippen LogP contribution in [0.25, 0.3) is 16.6 Å². The number of rotatable bonds is 6. The van der Waals surface area contributed by atoms with Crippen LogP contribution in [0.2, 0.25) is 0 Å². The second-order valence-electron chi connectivity index (χ2n) is 8.14. The number of nitrogens with zero attached hydrogens (tertiary/aromatic N) is 3. The van der Waals surface area contributed by atoms with E-state index in [-0.39, 0.29) is 17.9 Å². The SMILES string of the molecule is CC(=O)N1c2ccc(Br)cc2-n2cc(Cc3cccnc3)c(=O)c3cc(OCCCO)cc1c32. The number of ether oxygens (including phenoxy) is 1. The molecule has 172 valence electrons. The Morgan fingerprint density at radius 1 is 1.15 bits per heavy atom. The number of pyridine rings is 2. The van der Waals surface area contributed by atoms with Gasteiger partial charge in [-0.25, -0.2) is 0 Å². The van der Waals surface area contributed by atoms with E-state index in [1.807, 2.05) is 41.1 Å². The highest BCUT2D eigenvalue weighted by Gasteiger charge is 2.29. The van der Waals surface area contributed by atoms with Crippen LogP contribution >= 0.6 is 15.9 Å². The van der Waals surface area contributed by atoms with E-state index >= 15 is 0 Å². The number of amides is 1. The van der Waals surface area contributed by atoms with Crippen molar-refractivity contribution in [3.05, 3.63) is 86.9 Å². The lowest BCUT2D eigenvalue weighted by Crippen LogP contribution is -2.29. The van der Waals surface area contributed by atoms with Crippen LogP contribution in [0.5, 0.6) is 5.75 Å². The molecular formula is C26H22BrN3O4. The number of fused-ring (bicyclic) bond motifs is 2. The number of carbonyl (C=O) groups excluding carboxylic acids is 1. The van der Waals surface area contributed by atoms with Gasteiger partial charge in [-0.2, -0.15) is 0 Å². The molecule has 0 spiro atoms. The average Bonchev–Trinajstić information content (AvgIpc) is 2.82. The van der Waals surface area contributed by atoms with Crippen molar-refractivity contribution in [2.45, 2.75) is 19.8 Å². The van der Waals surface area contributed by atoms with Crippen LogP contribution in [-0.4, -0.2) is 33.8 Å². The van der Waals surface area contributed by atoms with Crippen molar-refractivity contribution < 1.29 is 14.6 Å². The van der Waals surface area contributed by atoms with E-state index in [9.17, 15) is 9.59 Å². The van der Waals surface area contributed by atoms with Crippen molar-refractivity contribution in [3.8, 4) is 11.4 Å². The molecule has 0 fully saturated rings. The molecule has 1 aliphatic heterocycles. The third-order valence-electron chi connectivity index (χ3n) is 5.81. The van der Waals surface area contributed by atoms with Gasteiger partial charge in [0.2, 0.25) is 5.91 Å². The summed E-state index contributed by atoms with van der Waals surface area (Å²) in [5, 5.41) is 9.60. The Hall–Kier alpha value is -3.49. The highest BCUT2D eigenvalue weighted by molar-refractivity contribution is 9.10. The first kappa shape index (κ1) is 22.3. The van der Waals surface area contributed by atoms with Crippen LogP contribution in [0.15, 0.2) is 70.3 Å². The standard InChI is InChI=1S/C26H22BrN3O4/c1-16(32)30-22-6-5-19(27)11-23(22)29-15-18(10-17-4-2-7-28-14-17)26(33)21-12-20(34-9-3-8-31)13-24(30)25(21)29/h2,4-7,11-15,31H,3,8-10H2,1H3. The molecular weight excluding hydrogens is 498 g/mol. The van der Waals surface area contributed by atoms with Gasteiger partial charge >= 0.3 is 0 Å². The summed E-state index contributed by atoms with van der Waals surface area (Å²) in [6.07, 6.45) is 6.20. The fourth-order valence-electron chi connectivity index (χ4n) is 4.37. The molecule has 8 heteroatoms. The summed E-state index contributed by atoms with van der Waals surface area (Å²) >= 11 is 3.54. The first-order chi connectivity index (χ1) is 16.5.